The molecule has 0 saturated carbocycles. The number of carbonyl (C=O) groups excluding carboxylic acids is 2. The summed E-state index contributed by atoms with van der Waals surface area (Å²) in [5, 5.41) is 5.32. The molecular weight excluding hydrogens is 368 g/mol. The van der Waals surface area contributed by atoms with Gasteiger partial charge in [0.15, 0.2) is 5.13 Å². The van der Waals surface area contributed by atoms with Crippen molar-refractivity contribution in [3.63, 3.8) is 0 Å². The highest BCUT2D eigenvalue weighted by Crippen LogP contribution is 2.16. The lowest BCUT2D eigenvalue weighted by Crippen LogP contribution is -2.16. The molecule has 0 atom stereocenters. The number of esters is 1. The van der Waals surface area contributed by atoms with Crippen LogP contribution in [-0.2, 0) is 27.2 Å². The predicted octanol–water partition coefficient (Wildman–Crippen LogP) is 2.06. The van der Waals surface area contributed by atoms with Crippen LogP contribution in [0.5, 0.6) is 0 Å². The van der Waals surface area contributed by atoms with Crippen molar-refractivity contribution < 1.29 is 14.3 Å². The minimum absolute atomic E-state index is 0.0719. The molecule has 0 bridgehead atoms. The number of amides is 1. The molecule has 0 aliphatic carbocycles. The third-order valence-electron chi connectivity index (χ3n) is 3.68. The van der Waals surface area contributed by atoms with E-state index in [0.717, 1.165) is 0 Å². The van der Waals surface area contributed by atoms with Gasteiger partial charge in [0.2, 0.25) is 5.91 Å². The quantitative estimate of drug-likeness (QED) is 0.601. The summed E-state index contributed by atoms with van der Waals surface area (Å²) >= 11 is 1.24. The smallest absolute Gasteiger partial charge is 0.311 e. The number of hydrogen-bond donors (Lipinski definition) is 2. The number of aromatic amines is 1. The number of benzene rings is 1. The van der Waals surface area contributed by atoms with Gasteiger partial charge in [-0.2, -0.15) is 0 Å². The van der Waals surface area contributed by atoms with Gasteiger partial charge in [-0.25, -0.2) is 9.97 Å². The molecule has 8 nitrogen and oxygen atoms in total. The van der Waals surface area contributed by atoms with Gasteiger partial charge in [0.25, 0.3) is 5.56 Å². The number of aryl methyl sites for hydroxylation is 1. The number of rotatable bonds is 7. The van der Waals surface area contributed by atoms with Crippen molar-refractivity contribution in [2.24, 2.45) is 0 Å². The molecule has 0 fully saturated rings. The van der Waals surface area contributed by atoms with Gasteiger partial charge in [0, 0.05) is 18.2 Å². The number of hydrogen-bond acceptors (Lipinski definition) is 7. The maximum atomic E-state index is 12.1. The molecule has 0 spiro atoms. The van der Waals surface area contributed by atoms with E-state index < -0.39 is 0 Å². The molecule has 2 aromatic heterocycles. The Labute approximate surface area is 158 Å². The van der Waals surface area contributed by atoms with Crippen molar-refractivity contribution in [3.8, 4) is 0 Å². The van der Waals surface area contributed by atoms with Crippen molar-refractivity contribution in [1.82, 2.24) is 15.0 Å². The van der Waals surface area contributed by atoms with E-state index in [-0.39, 0.29) is 30.3 Å². The van der Waals surface area contributed by atoms with E-state index in [1.807, 2.05) is 6.07 Å². The monoisotopic (exact) mass is 386 g/mol. The van der Waals surface area contributed by atoms with Crippen molar-refractivity contribution in [3.05, 3.63) is 51.5 Å². The molecule has 0 saturated heterocycles. The molecule has 2 heterocycles. The first-order chi connectivity index (χ1) is 13.0. The summed E-state index contributed by atoms with van der Waals surface area (Å²) in [5.74, 6) is -0.147. The fraction of sp³-hybridized carbons (Fsp3) is 0.278. The van der Waals surface area contributed by atoms with E-state index in [9.17, 15) is 14.4 Å². The van der Waals surface area contributed by atoms with Crippen LogP contribution in [0, 0.1) is 0 Å². The van der Waals surface area contributed by atoms with Gasteiger partial charge in [-0.05, 0) is 19.1 Å². The summed E-state index contributed by atoms with van der Waals surface area (Å²) in [6.07, 6.45) is 0.517. The summed E-state index contributed by atoms with van der Waals surface area (Å²) in [6.45, 7) is 2.06. The van der Waals surface area contributed by atoms with Crippen LogP contribution in [0.15, 0.2) is 34.4 Å². The summed E-state index contributed by atoms with van der Waals surface area (Å²) in [7, 11) is 0. The Hall–Kier alpha value is -3.07. The van der Waals surface area contributed by atoms with Crippen molar-refractivity contribution in [1.29, 1.82) is 0 Å². The van der Waals surface area contributed by atoms with Gasteiger partial charge in [0.1, 0.15) is 5.82 Å². The van der Waals surface area contributed by atoms with Gasteiger partial charge in [0.05, 0.1) is 29.6 Å². The van der Waals surface area contributed by atoms with E-state index in [1.165, 1.54) is 11.3 Å². The molecule has 140 valence electrons. The molecule has 0 aliphatic rings. The third-order valence-corrected chi connectivity index (χ3v) is 4.49. The second-order valence-electron chi connectivity index (χ2n) is 5.70. The van der Waals surface area contributed by atoms with E-state index >= 15 is 0 Å². The topological polar surface area (TPSA) is 114 Å². The number of aromatic nitrogens is 3. The van der Waals surface area contributed by atoms with E-state index in [2.05, 4.69) is 20.3 Å². The molecular formula is C18H18N4O4S. The number of H-pyrrole nitrogens is 1. The van der Waals surface area contributed by atoms with Crippen molar-refractivity contribution in [2.45, 2.75) is 26.2 Å². The SMILES string of the molecule is CCOC(=O)Cc1csc(NC(=O)CCc2nc3ccccc3c(=O)[nH]2)n1. The highest BCUT2D eigenvalue weighted by molar-refractivity contribution is 7.13. The average Bonchev–Trinajstić information content (AvgIpc) is 3.07. The molecule has 0 aliphatic heterocycles. The Morgan fingerprint density at radius 1 is 1.26 bits per heavy atom. The summed E-state index contributed by atoms with van der Waals surface area (Å²) in [6, 6.07) is 7.04. The van der Waals surface area contributed by atoms with Crippen LogP contribution in [0.2, 0.25) is 0 Å². The second kappa shape index (κ2) is 8.54. The van der Waals surface area contributed by atoms with Crippen LogP contribution in [0.4, 0.5) is 5.13 Å². The lowest BCUT2D eigenvalue weighted by atomic mass is 10.2. The second-order valence-corrected chi connectivity index (χ2v) is 6.56. The van der Waals surface area contributed by atoms with Gasteiger partial charge in [-0.15, -0.1) is 11.3 Å². The first-order valence-electron chi connectivity index (χ1n) is 8.43. The van der Waals surface area contributed by atoms with Crippen LogP contribution >= 0.6 is 11.3 Å². The number of para-hydroxylation sites is 1. The van der Waals surface area contributed by atoms with E-state index in [0.29, 0.717) is 40.6 Å². The molecule has 1 amide bonds. The minimum atomic E-state index is -0.355. The van der Waals surface area contributed by atoms with Crippen LogP contribution in [0.3, 0.4) is 0 Å². The van der Waals surface area contributed by atoms with Gasteiger partial charge in [-0.3, -0.25) is 14.4 Å². The predicted molar refractivity (Wildman–Crippen MR) is 102 cm³/mol. The number of fused-ring (bicyclic) bond motifs is 1. The van der Waals surface area contributed by atoms with Gasteiger partial charge < -0.3 is 15.0 Å². The maximum Gasteiger partial charge on any atom is 0.311 e. The molecule has 0 unspecified atom stereocenters. The molecule has 2 N–H and O–H groups in total. The summed E-state index contributed by atoms with van der Waals surface area (Å²) in [5.41, 5.74) is 0.925. The third kappa shape index (κ3) is 4.98. The molecule has 0 radical (unpaired) electrons. The molecule has 27 heavy (non-hydrogen) atoms. The first-order valence-corrected chi connectivity index (χ1v) is 9.31. The Kier molecular flexibility index (Phi) is 5.92. The highest BCUT2D eigenvalue weighted by Gasteiger charge is 2.11. The Morgan fingerprint density at radius 2 is 2.07 bits per heavy atom. The van der Waals surface area contributed by atoms with Crippen LogP contribution in [-0.4, -0.2) is 33.4 Å². The molecule has 1 aromatic carbocycles. The summed E-state index contributed by atoms with van der Waals surface area (Å²) < 4.78 is 4.87. The van der Waals surface area contributed by atoms with Crippen LogP contribution in [0.1, 0.15) is 24.9 Å². The minimum Gasteiger partial charge on any atom is -0.466 e. The lowest BCUT2D eigenvalue weighted by molar-refractivity contribution is -0.142. The van der Waals surface area contributed by atoms with E-state index in [1.54, 1.807) is 30.5 Å². The van der Waals surface area contributed by atoms with Crippen LogP contribution in [0.25, 0.3) is 10.9 Å². The zero-order valence-electron chi connectivity index (χ0n) is 14.7. The fourth-order valence-electron chi connectivity index (χ4n) is 2.47. The molecule has 3 rings (SSSR count). The highest BCUT2D eigenvalue weighted by atomic mass is 32.1. The number of ether oxygens (including phenoxy) is 1. The van der Waals surface area contributed by atoms with Gasteiger partial charge in [-0.1, -0.05) is 12.1 Å². The number of carbonyl (C=O) groups is 2. The van der Waals surface area contributed by atoms with Gasteiger partial charge >= 0.3 is 5.97 Å². The Balaban J connectivity index is 1.56. The van der Waals surface area contributed by atoms with Crippen molar-refractivity contribution in [2.75, 3.05) is 11.9 Å². The normalized spacial score (nSPS) is 10.7. The van der Waals surface area contributed by atoms with E-state index in [4.69, 9.17) is 4.74 Å². The molecule has 9 heteroatoms. The number of nitrogens with one attached hydrogen (secondary N) is 2. The number of nitrogens with zero attached hydrogens (tertiary/aromatic N) is 2. The largest absolute Gasteiger partial charge is 0.466 e. The zero-order valence-corrected chi connectivity index (χ0v) is 15.5. The van der Waals surface area contributed by atoms with Crippen molar-refractivity contribution >= 4 is 39.2 Å². The Bertz CT molecular complexity index is 1030. The molecule has 3 aromatic rings. The summed E-state index contributed by atoms with van der Waals surface area (Å²) in [4.78, 5) is 46.8. The number of thiazole rings is 1. The zero-order chi connectivity index (χ0) is 19.2. The standard InChI is InChI=1S/C18H18N4O4S/c1-2-26-16(24)9-11-10-27-18(19-11)22-15(23)8-7-14-20-13-6-4-3-5-12(13)17(25)21-14/h3-6,10H,2,7-9H2,1H3,(H,19,22,23)(H,20,21,25). The van der Waals surface area contributed by atoms with Crippen LogP contribution < -0.4 is 10.9 Å². The fourth-order valence-corrected chi connectivity index (χ4v) is 3.20. The maximum absolute atomic E-state index is 12.1. The average molecular weight is 386 g/mol. The Morgan fingerprint density at radius 3 is 2.89 bits per heavy atom. The number of anilines is 1. The first kappa shape index (κ1) is 18.7. The lowest BCUT2D eigenvalue weighted by Gasteiger charge is -2.03.